The van der Waals surface area contributed by atoms with Gasteiger partial charge in [0, 0.05) is 0 Å². The van der Waals surface area contributed by atoms with Gasteiger partial charge in [0.15, 0.2) is 0 Å². The first kappa shape index (κ1) is 22.4. The van der Waals surface area contributed by atoms with Crippen molar-refractivity contribution in [2.75, 3.05) is 0 Å². The van der Waals surface area contributed by atoms with Gasteiger partial charge in [-0.05, 0) is 0 Å². The zero-order valence-corrected chi connectivity index (χ0v) is 8.01. The van der Waals surface area contributed by atoms with E-state index < -0.39 is 31.0 Å². The maximum absolute atomic E-state index is 8.46. The third-order valence-corrected chi connectivity index (χ3v) is 0. The molecule has 0 saturated carbocycles. The molecular formula is H2Al2Ca2O4. The van der Waals surface area contributed by atoms with E-state index >= 15 is 0 Å². The first-order valence-electron chi connectivity index (χ1n) is 0.943. The Bertz CT molecular complexity index is 33.0. The van der Waals surface area contributed by atoms with Gasteiger partial charge in [0.25, 0.3) is 0 Å². The van der Waals surface area contributed by atoms with Crippen LogP contribution in [0.25, 0.3) is 0 Å². The second kappa shape index (κ2) is 33.0. The summed E-state index contributed by atoms with van der Waals surface area (Å²) in [5.74, 6) is 0. The maximum atomic E-state index is 8.46. The van der Waals surface area contributed by atoms with Gasteiger partial charge < -0.3 is 0 Å². The third kappa shape index (κ3) is 68.7. The average molecular weight is 200 g/mol. The van der Waals surface area contributed by atoms with Crippen molar-refractivity contribution in [3.05, 3.63) is 0 Å². The van der Waals surface area contributed by atoms with Crippen LogP contribution in [0.1, 0.15) is 0 Å². The summed E-state index contributed by atoms with van der Waals surface area (Å²) >= 11 is -3.50. The zero-order valence-electron chi connectivity index (χ0n) is 3.49. The summed E-state index contributed by atoms with van der Waals surface area (Å²) in [6, 6.07) is 0. The number of rotatable bonds is 0. The van der Waals surface area contributed by atoms with E-state index in [1.54, 1.807) is 0 Å². The van der Waals surface area contributed by atoms with Crippen molar-refractivity contribution in [1.82, 2.24) is 0 Å². The Morgan fingerprint density at radius 1 is 1.00 bits per heavy atom. The molecule has 8 heavy (non-hydrogen) atoms. The minimum absolute atomic E-state index is 0. The van der Waals surface area contributed by atoms with Crippen LogP contribution >= 0.6 is 0 Å². The van der Waals surface area contributed by atoms with Crippen molar-refractivity contribution in [2.24, 2.45) is 0 Å². The van der Waals surface area contributed by atoms with E-state index in [0.29, 0.717) is 0 Å². The fraction of sp³-hybridized carbons (Fsp3) is 0. The Balaban J connectivity index is -0.0000000160. The van der Waals surface area contributed by atoms with Gasteiger partial charge in [-0.1, -0.05) is 0 Å². The Morgan fingerprint density at radius 2 is 1.00 bits per heavy atom. The van der Waals surface area contributed by atoms with Crippen molar-refractivity contribution < 1.29 is 15.9 Å². The molecule has 0 unspecified atom stereocenters. The summed E-state index contributed by atoms with van der Waals surface area (Å²) in [7, 11) is 0. The average Bonchev–Trinajstić information content (AvgIpc) is 1.39. The first-order chi connectivity index (χ1) is 2.83. The van der Waals surface area contributed by atoms with Gasteiger partial charge in [-0.15, -0.1) is 0 Å². The summed E-state index contributed by atoms with van der Waals surface area (Å²) in [6.45, 7) is 0. The topological polar surface area (TPSA) is 80.3 Å². The molecular weight excluding hydrogens is 198 g/mol. The van der Waals surface area contributed by atoms with E-state index in [4.69, 9.17) is 15.9 Å². The molecule has 0 aliphatic heterocycles. The van der Waals surface area contributed by atoms with Crippen LogP contribution in [0.15, 0.2) is 0 Å². The quantitative estimate of drug-likeness (QED) is 0.368. The fourth-order valence-electron chi connectivity index (χ4n) is 0. The fourth-order valence-corrected chi connectivity index (χ4v) is 0. The molecule has 0 bridgehead atoms. The molecule has 0 amide bonds. The van der Waals surface area contributed by atoms with Gasteiger partial charge in [-0.2, -0.15) is 0 Å². The predicted molar refractivity (Wildman–Crippen MR) is 27.2 cm³/mol. The Morgan fingerprint density at radius 3 is 1.00 bits per heavy atom. The molecule has 4 nitrogen and oxygen atoms in total. The Labute approximate surface area is 120 Å². The number of hydrogen-bond donors (Lipinski definition) is 0. The molecule has 8 heteroatoms. The predicted octanol–water partition coefficient (Wildman–Crippen LogP) is -4.67. The van der Waals surface area contributed by atoms with Gasteiger partial charge in [-0.3, -0.25) is 0 Å². The first-order valence-corrected chi connectivity index (χ1v) is 2.83. The van der Waals surface area contributed by atoms with Crippen LogP contribution in [0.2, 0.25) is 0 Å². The monoisotopic (exact) mass is 200 g/mol. The molecule has 0 aromatic carbocycles. The van der Waals surface area contributed by atoms with Crippen LogP contribution in [0, 0.1) is 0 Å². The molecule has 0 aliphatic rings. The van der Waals surface area contributed by atoms with E-state index in [9.17, 15) is 0 Å². The minimum atomic E-state index is -1.75. The Kier molecular flexibility index (Phi) is 92.5. The summed E-state index contributed by atoms with van der Waals surface area (Å²) in [5.41, 5.74) is 0. The van der Waals surface area contributed by atoms with Gasteiger partial charge in [0.2, 0.25) is 0 Å². The molecule has 0 rings (SSSR count). The molecule has 0 spiro atoms. The molecule has 0 aromatic rings. The van der Waals surface area contributed by atoms with Crippen molar-refractivity contribution in [2.45, 2.75) is 0 Å². The molecule has 0 saturated heterocycles. The van der Waals surface area contributed by atoms with E-state index in [1.807, 2.05) is 0 Å². The van der Waals surface area contributed by atoms with Crippen LogP contribution in [0.3, 0.4) is 0 Å². The van der Waals surface area contributed by atoms with E-state index in [0.717, 1.165) is 0 Å². The second-order valence-electron chi connectivity index (χ2n) is 0.192. The van der Waals surface area contributed by atoms with E-state index in [1.165, 1.54) is 0 Å². The van der Waals surface area contributed by atoms with E-state index in [2.05, 4.69) is 0 Å². The summed E-state index contributed by atoms with van der Waals surface area (Å²) in [6.07, 6.45) is 0. The molecule has 0 fully saturated rings. The van der Waals surface area contributed by atoms with E-state index in [-0.39, 0.29) is 75.5 Å². The number of hydrogen-bond acceptors (Lipinski definition) is 4. The molecule has 0 atom stereocenters. The molecule has 0 heterocycles. The molecule has 0 aromatic heterocycles. The normalized spacial score (nSPS) is 2.00. The van der Waals surface area contributed by atoms with Crippen molar-refractivity contribution >= 4 is 106 Å². The standard InChI is InChI=1S/2Al.2Ca.4O.2H/q;;;+2;;;2*-1;;. The van der Waals surface area contributed by atoms with Gasteiger partial charge in [0.05, 0.1) is 0 Å². The second-order valence-corrected chi connectivity index (χ2v) is 0.577. The van der Waals surface area contributed by atoms with Crippen molar-refractivity contribution in [1.29, 1.82) is 0 Å². The SMILES string of the molecule is [Ca+2].[CaH2].[O]=[Al][O-].[O]=[Al][O-]. The summed E-state index contributed by atoms with van der Waals surface area (Å²) in [5, 5.41) is 0. The van der Waals surface area contributed by atoms with Gasteiger partial charge >= 0.3 is 122 Å². The van der Waals surface area contributed by atoms with Crippen LogP contribution in [0.4, 0.5) is 0 Å². The molecule has 0 radical (unpaired) electrons. The van der Waals surface area contributed by atoms with Gasteiger partial charge in [-0.25, -0.2) is 0 Å². The van der Waals surface area contributed by atoms with Crippen LogP contribution in [-0.2, 0) is 7.61 Å². The summed E-state index contributed by atoms with van der Waals surface area (Å²) < 4.78 is 33.8. The molecule has 0 aliphatic carbocycles. The third-order valence-electron chi connectivity index (χ3n) is 0. The Hall–Kier alpha value is 2.78. The van der Waals surface area contributed by atoms with Crippen molar-refractivity contribution in [3.63, 3.8) is 0 Å². The van der Waals surface area contributed by atoms with Crippen LogP contribution in [0.5, 0.6) is 0 Å². The van der Waals surface area contributed by atoms with Crippen LogP contribution < -0.4 is 8.32 Å². The van der Waals surface area contributed by atoms with Crippen molar-refractivity contribution in [3.8, 4) is 0 Å². The van der Waals surface area contributed by atoms with Gasteiger partial charge in [0.1, 0.15) is 0 Å². The van der Waals surface area contributed by atoms with Crippen LogP contribution in [-0.4, -0.2) is 106 Å². The zero-order chi connectivity index (χ0) is 5.41. The summed E-state index contributed by atoms with van der Waals surface area (Å²) in [4.78, 5) is 0. The molecule has 0 N–H and O–H groups in total. The molecule has 36 valence electrons.